The Morgan fingerprint density at radius 1 is 1.24 bits per heavy atom. The maximum Gasteiger partial charge on any atom is 0.245 e. The van der Waals surface area contributed by atoms with Crippen molar-refractivity contribution >= 4 is 5.91 Å². The van der Waals surface area contributed by atoms with Crippen LogP contribution in [-0.2, 0) is 9.53 Å². The highest BCUT2D eigenvalue weighted by Gasteiger charge is 2.00. The zero-order chi connectivity index (χ0) is 13.5. The second kappa shape index (κ2) is 15.4. The van der Waals surface area contributed by atoms with Crippen LogP contribution in [0.25, 0.3) is 0 Å². The summed E-state index contributed by atoms with van der Waals surface area (Å²) in [5.74, 6) is 0.720. The van der Waals surface area contributed by atoms with Gasteiger partial charge in [0, 0.05) is 13.2 Å². The molecule has 0 radical (unpaired) electrons. The van der Waals surface area contributed by atoms with E-state index >= 15 is 0 Å². The summed E-state index contributed by atoms with van der Waals surface area (Å²) in [6.45, 7) is 12.2. The molecule has 1 amide bonds. The zero-order valence-electron chi connectivity index (χ0n) is 12.3. The lowest BCUT2D eigenvalue weighted by atomic mass is 10.1. The molecule has 0 aliphatic heterocycles. The normalized spacial score (nSPS) is 9.76. The molecular formula is C14H31NO2. The summed E-state index contributed by atoms with van der Waals surface area (Å²) in [7, 11) is 0. The van der Waals surface area contributed by atoms with E-state index in [1.54, 1.807) is 0 Å². The van der Waals surface area contributed by atoms with Gasteiger partial charge in [0.05, 0.1) is 0 Å². The summed E-state index contributed by atoms with van der Waals surface area (Å²) < 4.78 is 5.20. The number of amides is 1. The highest BCUT2D eigenvalue weighted by molar-refractivity contribution is 5.77. The van der Waals surface area contributed by atoms with Crippen LogP contribution in [0.15, 0.2) is 0 Å². The predicted molar refractivity (Wildman–Crippen MR) is 74.2 cm³/mol. The van der Waals surface area contributed by atoms with Crippen molar-refractivity contribution in [2.24, 2.45) is 5.92 Å². The zero-order valence-corrected chi connectivity index (χ0v) is 12.3. The van der Waals surface area contributed by atoms with E-state index in [-0.39, 0.29) is 12.5 Å². The molecule has 3 heteroatoms. The summed E-state index contributed by atoms with van der Waals surface area (Å²) in [5, 5.41) is 2.85. The van der Waals surface area contributed by atoms with E-state index in [0.717, 1.165) is 32.2 Å². The van der Waals surface area contributed by atoms with Crippen LogP contribution in [0.1, 0.15) is 60.3 Å². The van der Waals surface area contributed by atoms with Gasteiger partial charge in [0.25, 0.3) is 0 Å². The van der Waals surface area contributed by atoms with Gasteiger partial charge in [0.2, 0.25) is 5.91 Å². The minimum atomic E-state index is 0.00913. The van der Waals surface area contributed by atoms with Crippen molar-refractivity contribution in [3.8, 4) is 0 Å². The second-order valence-corrected chi connectivity index (χ2v) is 4.29. The van der Waals surface area contributed by atoms with Gasteiger partial charge < -0.3 is 10.1 Å². The Morgan fingerprint density at radius 3 is 2.41 bits per heavy atom. The SMILES string of the molecule is CC.CCCCOCC(=O)NCCCC(C)C. The first-order chi connectivity index (χ1) is 8.16. The van der Waals surface area contributed by atoms with Crippen LogP contribution in [-0.4, -0.2) is 25.7 Å². The fourth-order valence-corrected chi connectivity index (χ4v) is 1.20. The number of unbranched alkanes of at least 4 members (excludes halogenated alkanes) is 1. The molecule has 0 rings (SSSR count). The first-order valence-electron chi connectivity index (χ1n) is 7.01. The Balaban J connectivity index is 0. The van der Waals surface area contributed by atoms with Crippen molar-refractivity contribution in [1.82, 2.24) is 5.32 Å². The topological polar surface area (TPSA) is 38.3 Å². The van der Waals surface area contributed by atoms with Crippen LogP contribution < -0.4 is 5.32 Å². The first-order valence-corrected chi connectivity index (χ1v) is 7.01. The molecule has 0 spiro atoms. The molecule has 0 heterocycles. The number of nitrogens with one attached hydrogen (secondary N) is 1. The molecular weight excluding hydrogens is 214 g/mol. The standard InChI is InChI=1S/C12H25NO2.C2H6/c1-4-5-9-15-10-12(14)13-8-6-7-11(2)3;1-2/h11H,4-10H2,1-3H3,(H,13,14);1-2H3. The van der Waals surface area contributed by atoms with Crippen molar-refractivity contribution in [3.05, 3.63) is 0 Å². The fourth-order valence-electron chi connectivity index (χ4n) is 1.20. The second-order valence-electron chi connectivity index (χ2n) is 4.29. The molecule has 0 saturated heterocycles. The quantitative estimate of drug-likeness (QED) is 0.632. The van der Waals surface area contributed by atoms with E-state index in [4.69, 9.17) is 4.74 Å². The van der Waals surface area contributed by atoms with Gasteiger partial charge in [0.15, 0.2) is 0 Å². The molecule has 0 aromatic rings. The van der Waals surface area contributed by atoms with Gasteiger partial charge in [-0.25, -0.2) is 0 Å². The fraction of sp³-hybridized carbons (Fsp3) is 0.929. The minimum Gasteiger partial charge on any atom is -0.372 e. The van der Waals surface area contributed by atoms with Crippen LogP contribution in [0, 0.1) is 5.92 Å². The van der Waals surface area contributed by atoms with E-state index in [9.17, 15) is 4.79 Å². The van der Waals surface area contributed by atoms with Crippen molar-refractivity contribution in [1.29, 1.82) is 0 Å². The van der Waals surface area contributed by atoms with Crippen LogP contribution in [0.4, 0.5) is 0 Å². The van der Waals surface area contributed by atoms with E-state index in [1.165, 1.54) is 0 Å². The van der Waals surface area contributed by atoms with E-state index < -0.39 is 0 Å². The number of hydrogen-bond acceptors (Lipinski definition) is 2. The summed E-state index contributed by atoms with van der Waals surface area (Å²) in [6.07, 6.45) is 4.35. The largest absolute Gasteiger partial charge is 0.372 e. The van der Waals surface area contributed by atoms with Gasteiger partial charge in [-0.05, 0) is 25.2 Å². The van der Waals surface area contributed by atoms with Gasteiger partial charge in [-0.2, -0.15) is 0 Å². The molecule has 0 fully saturated rings. The average molecular weight is 245 g/mol. The Hall–Kier alpha value is -0.570. The molecule has 17 heavy (non-hydrogen) atoms. The Kier molecular flexibility index (Phi) is 17.1. The molecule has 0 aromatic heterocycles. The molecule has 0 atom stereocenters. The molecule has 3 nitrogen and oxygen atoms in total. The summed E-state index contributed by atoms with van der Waals surface area (Å²) in [4.78, 5) is 11.2. The molecule has 104 valence electrons. The molecule has 0 aliphatic rings. The van der Waals surface area contributed by atoms with Crippen LogP contribution in [0.2, 0.25) is 0 Å². The van der Waals surface area contributed by atoms with E-state index in [1.807, 2.05) is 13.8 Å². The van der Waals surface area contributed by atoms with Crippen molar-refractivity contribution in [2.45, 2.75) is 60.3 Å². The number of ether oxygens (including phenoxy) is 1. The Morgan fingerprint density at radius 2 is 1.88 bits per heavy atom. The van der Waals surface area contributed by atoms with Gasteiger partial charge in [-0.3, -0.25) is 4.79 Å². The molecule has 1 N–H and O–H groups in total. The number of rotatable bonds is 9. The maximum atomic E-state index is 11.2. The molecule has 0 aromatic carbocycles. The van der Waals surface area contributed by atoms with E-state index in [2.05, 4.69) is 26.1 Å². The summed E-state index contributed by atoms with van der Waals surface area (Å²) in [5.41, 5.74) is 0. The van der Waals surface area contributed by atoms with E-state index in [0.29, 0.717) is 12.5 Å². The third-order valence-corrected chi connectivity index (χ3v) is 2.16. The highest BCUT2D eigenvalue weighted by atomic mass is 16.5. The molecule has 0 bridgehead atoms. The third kappa shape index (κ3) is 18.0. The molecule has 0 unspecified atom stereocenters. The monoisotopic (exact) mass is 245 g/mol. The summed E-state index contributed by atoms with van der Waals surface area (Å²) in [6, 6.07) is 0. The number of carbonyl (C=O) groups is 1. The minimum absolute atomic E-state index is 0.00913. The van der Waals surface area contributed by atoms with Gasteiger partial charge in [-0.15, -0.1) is 0 Å². The van der Waals surface area contributed by atoms with Gasteiger partial charge in [0.1, 0.15) is 6.61 Å². The van der Waals surface area contributed by atoms with Crippen LogP contribution in [0.5, 0.6) is 0 Å². The van der Waals surface area contributed by atoms with Crippen LogP contribution in [0.3, 0.4) is 0 Å². The van der Waals surface area contributed by atoms with Crippen molar-refractivity contribution in [2.75, 3.05) is 19.8 Å². The maximum absolute atomic E-state index is 11.2. The van der Waals surface area contributed by atoms with Crippen LogP contribution >= 0.6 is 0 Å². The van der Waals surface area contributed by atoms with Gasteiger partial charge >= 0.3 is 0 Å². The summed E-state index contributed by atoms with van der Waals surface area (Å²) >= 11 is 0. The predicted octanol–water partition coefficient (Wildman–Crippen LogP) is 3.38. The lowest BCUT2D eigenvalue weighted by Gasteiger charge is -2.07. The third-order valence-electron chi connectivity index (χ3n) is 2.16. The number of hydrogen-bond donors (Lipinski definition) is 1. The Bertz CT molecular complexity index is 158. The lowest BCUT2D eigenvalue weighted by Crippen LogP contribution is -2.28. The average Bonchev–Trinajstić information content (AvgIpc) is 2.33. The lowest BCUT2D eigenvalue weighted by molar-refractivity contribution is -0.125. The highest BCUT2D eigenvalue weighted by Crippen LogP contribution is 2.01. The Labute approximate surface area is 107 Å². The van der Waals surface area contributed by atoms with Crippen molar-refractivity contribution < 1.29 is 9.53 Å². The van der Waals surface area contributed by atoms with Gasteiger partial charge in [-0.1, -0.05) is 41.0 Å². The smallest absolute Gasteiger partial charge is 0.245 e. The first kappa shape index (κ1) is 18.8. The molecule has 0 saturated carbocycles. The van der Waals surface area contributed by atoms with Crippen molar-refractivity contribution in [3.63, 3.8) is 0 Å². The number of carbonyl (C=O) groups excluding carboxylic acids is 1. The molecule has 0 aliphatic carbocycles.